The highest BCUT2D eigenvalue weighted by Crippen LogP contribution is 2.47. The van der Waals surface area contributed by atoms with E-state index in [1.165, 1.54) is 11.1 Å². The van der Waals surface area contributed by atoms with Crippen molar-refractivity contribution in [1.29, 1.82) is 0 Å². The minimum absolute atomic E-state index is 0.0922. The number of hydrogen-bond acceptors (Lipinski definition) is 7. The normalized spacial score (nSPS) is 31.3. The molecular formula is C38H44ClN3O5S. The van der Waals surface area contributed by atoms with Gasteiger partial charge in [0.2, 0.25) is 0 Å². The third-order valence-electron chi connectivity index (χ3n) is 10.8. The first-order valence-corrected chi connectivity index (χ1v) is 18.8. The molecule has 3 heterocycles. The third kappa shape index (κ3) is 6.93. The number of rotatable bonds is 4. The van der Waals surface area contributed by atoms with Gasteiger partial charge in [-0.05, 0) is 103 Å². The number of nitrogens with zero attached hydrogens (tertiary/aromatic N) is 3. The summed E-state index contributed by atoms with van der Waals surface area (Å²) in [4.78, 5) is 20.3. The van der Waals surface area contributed by atoms with Crippen LogP contribution in [0.5, 0.6) is 5.75 Å². The minimum Gasteiger partial charge on any atom is -0.490 e. The van der Waals surface area contributed by atoms with Crippen molar-refractivity contribution in [3.05, 3.63) is 100 Å². The molecule has 1 saturated carbocycles. The second kappa shape index (κ2) is 14.3. The van der Waals surface area contributed by atoms with Gasteiger partial charge in [0, 0.05) is 58.7 Å². The number of pyridine rings is 1. The molecule has 1 aromatic heterocycles. The van der Waals surface area contributed by atoms with Gasteiger partial charge >= 0.3 is 0 Å². The molecule has 8 nitrogen and oxygen atoms in total. The van der Waals surface area contributed by atoms with Gasteiger partial charge in [-0.3, -0.25) is 14.0 Å². The Labute approximate surface area is 290 Å². The highest BCUT2D eigenvalue weighted by atomic mass is 35.5. The maximum absolute atomic E-state index is 13.5. The van der Waals surface area contributed by atoms with Crippen LogP contribution < -0.4 is 9.64 Å². The number of anilines is 1. The molecule has 1 fully saturated rings. The van der Waals surface area contributed by atoms with Gasteiger partial charge in [-0.15, -0.1) is 0 Å². The lowest BCUT2D eigenvalue weighted by Crippen LogP contribution is -2.49. The lowest BCUT2D eigenvalue weighted by Gasteiger charge is -2.46. The van der Waals surface area contributed by atoms with Crippen molar-refractivity contribution in [2.24, 2.45) is 22.1 Å². The first-order chi connectivity index (χ1) is 23.3. The zero-order valence-corrected chi connectivity index (χ0v) is 29.2. The maximum Gasteiger partial charge on any atom is 0.284 e. The molecule has 1 spiro atoms. The Kier molecular flexibility index (Phi) is 9.92. The topological polar surface area (TPSA) is 90.3 Å². The van der Waals surface area contributed by atoms with Crippen LogP contribution in [0.1, 0.15) is 59.8 Å². The van der Waals surface area contributed by atoms with Gasteiger partial charge in [0.05, 0.1) is 36.8 Å². The summed E-state index contributed by atoms with van der Waals surface area (Å²) in [5, 5.41) is 0.758. The van der Waals surface area contributed by atoms with Gasteiger partial charge < -0.3 is 19.1 Å². The summed E-state index contributed by atoms with van der Waals surface area (Å²) >= 11 is 6.45. The minimum atomic E-state index is -2.17. The van der Waals surface area contributed by atoms with Crippen LogP contribution in [0.25, 0.3) is 0 Å². The molecule has 3 aromatic rings. The van der Waals surface area contributed by atoms with Crippen LogP contribution in [-0.2, 0) is 38.5 Å². The van der Waals surface area contributed by atoms with E-state index in [2.05, 4.69) is 32.5 Å². The van der Waals surface area contributed by atoms with Crippen LogP contribution in [0.3, 0.4) is 0 Å². The van der Waals surface area contributed by atoms with E-state index in [-0.39, 0.29) is 29.3 Å². The van der Waals surface area contributed by atoms with Gasteiger partial charge in [-0.25, -0.2) is 0 Å². The van der Waals surface area contributed by atoms with E-state index in [4.69, 9.17) is 25.8 Å². The van der Waals surface area contributed by atoms with Gasteiger partial charge in [0.15, 0.2) is 0 Å². The van der Waals surface area contributed by atoms with Crippen molar-refractivity contribution in [3.8, 4) is 5.75 Å². The fraction of sp³-hybridized carbons (Fsp3) is 0.474. The van der Waals surface area contributed by atoms with Crippen molar-refractivity contribution in [2.45, 2.75) is 63.3 Å². The standard InChI is InChI=1S/C38H44ClN3O5S/c1-25-22-48(44)41-37(43)27-9-13-36-33(19-27)42(23-38(24-47-36)16-5-6-26-18-29(39)10-12-32(26)38)20-28-8-11-31(28)35(45-2)15-14-34(25)46-21-30-7-3-4-17-40-30/h3-4,7,9-10,12-15,17-19,25,28,31,34-35,48H,5-6,8,11,16,20-24H2,1-2H3/b15-14+/t25-,28+,31-,34+,35+,38+/m1/s1. The fourth-order valence-electron chi connectivity index (χ4n) is 8.02. The Hall–Kier alpha value is -3.24. The molecule has 4 aliphatic rings. The van der Waals surface area contributed by atoms with E-state index in [0.29, 0.717) is 30.6 Å². The van der Waals surface area contributed by atoms with Crippen molar-refractivity contribution < 1.29 is 23.2 Å². The summed E-state index contributed by atoms with van der Waals surface area (Å²) in [5.41, 5.74) is 4.50. The molecule has 7 atom stereocenters. The van der Waals surface area contributed by atoms with Gasteiger partial charge in [0.1, 0.15) is 5.75 Å². The molecule has 2 bridgehead atoms. The van der Waals surface area contributed by atoms with Crippen LogP contribution in [-0.4, -0.2) is 59.9 Å². The number of amides is 1. The first-order valence-electron chi connectivity index (χ1n) is 17.1. The van der Waals surface area contributed by atoms with Gasteiger partial charge in [-0.2, -0.15) is 4.36 Å². The number of aryl methyl sites for hydroxylation is 1. The highest BCUT2D eigenvalue weighted by Gasteiger charge is 2.44. The molecule has 2 aromatic carbocycles. The molecule has 10 heteroatoms. The summed E-state index contributed by atoms with van der Waals surface area (Å²) in [5.74, 6) is 1.05. The predicted octanol–water partition coefficient (Wildman–Crippen LogP) is 6.85. The first kappa shape index (κ1) is 33.3. The van der Waals surface area contributed by atoms with Gasteiger partial charge in [0.25, 0.3) is 5.91 Å². The molecule has 254 valence electrons. The van der Waals surface area contributed by atoms with Crippen LogP contribution in [0.4, 0.5) is 5.69 Å². The number of thiol groups is 1. The molecule has 48 heavy (non-hydrogen) atoms. The van der Waals surface area contributed by atoms with E-state index in [1.807, 2.05) is 49.4 Å². The number of halogens is 1. The number of carbonyl (C=O) groups is 1. The van der Waals surface area contributed by atoms with Crippen molar-refractivity contribution in [3.63, 3.8) is 0 Å². The van der Waals surface area contributed by atoms with E-state index in [1.54, 1.807) is 19.4 Å². The molecular weight excluding hydrogens is 646 g/mol. The van der Waals surface area contributed by atoms with E-state index < -0.39 is 16.5 Å². The molecule has 1 amide bonds. The number of fused-ring (bicyclic) bond motifs is 4. The lowest BCUT2D eigenvalue weighted by atomic mass is 9.68. The van der Waals surface area contributed by atoms with Crippen molar-refractivity contribution >= 4 is 33.8 Å². The van der Waals surface area contributed by atoms with E-state index in [0.717, 1.165) is 67.3 Å². The molecule has 0 saturated heterocycles. The summed E-state index contributed by atoms with van der Waals surface area (Å²) in [7, 11) is -0.395. The number of carbonyl (C=O) groups excluding carboxylic acids is 1. The number of aromatic nitrogens is 1. The zero-order chi connectivity index (χ0) is 33.3. The van der Waals surface area contributed by atoms with Crippen LogP contribution in [0.15, 0.2) is 77.3 Å². The summed E-state index contributed by atoms with van der Waals surface area (Å²) in [6.07, 6.45) is 10.7. The Balaban J connectivity index is 1.25. The molecule has 2 aliphatic heterocycles. The SMILES string of the molecule is CO[C@H]1/C=C/[C@H](OCc2ccccn2)[C@H](C)C/[SH](=O)=N\C(=O)c2ccc3c(c2)N(C[C@@H]2CC[C@H]21)C[C@@]1(CCCc2cc(Cl)ccc21)CO3. The second-order valence-corrected chi connectivity index (χ2v) is 15.6. The smallest absolute Gasteiger partial charge is 0.284 e. The van der Waals surface area contributed by atoms with E-state index >= 15 is 0 Å². The molecule has 0 radical (unpaired) electrons. The molecule has 7 rings (SSSR count). The predicted molar refractivity (Wildman–Crippen MR) is 190 cm³/mol. The Morgan fingerprint density at radius 1 is 1.10 bits per heavy atom. The number of ether oxygens (including phenoxy) is 3. The summed E-state index contributed by atoms with van der Waals surface area (Å²) < 4.78 is 36.6. The summed E-state index contributed by atoms with van der Waals surface area (Å²) in [6.45, 7) is 4.42. The lowest BCUT2D eigenvalue weighted by molar-refractivity contribution is 0.00990. The van der Waals surface area contributed by atoms with Crippen molar-refractivity contribution in [2.75, 3.05) is 37.5 Å². The Bertz CT molecular complexity index is 1760. The zero-order valence-electron chi connectivity index (χ0n) is 27.6. The average Bonchev–Trinajstić information content (AvgIpc) is 3.22. The molecule has 1 unspecified atom stereocenters. The number of methoxy groups -OCH3 is 1. The van der Waals surface area contributed by atoms with Gasteiger partial charge in [-0.1, -0.05) is 42.8 Å². The van der Waals surface area contributed by atoms with Crippen LogP contribution in [0, 0.1) is 17.8 Å². The fourth-order valence-corrected chi connectivity index (χ4v) is 9.32. The monoisotopic (exact) mass is 689 g/mol. The largest absolute Gasteiger partial charge is 0.490 e. The molecule has 0 N–H and O–H groups in total. The highest BCUT2D eigenvalue weighted by molar-refractivity contribution is 7.75. The van der Waals surface area contributed by atoms with Crippen LogP contribution in [0.2, 0.25) is 5.02 Å². The third-order valence-corrected chi connectivity index (χ3v) is 12.3. The van der Waals surface area contributed by atoms with Crippen molar-refractivity contribution in [1.82, 2.24) is 4.98 Å². The second-order valence-electron chi connectivity index (χ2n) is 13.9. The number of hydrogen-bond donors (Lipinski definition) is 1. The van der Waals surface area contributed by atoms with E-state index in [9.17, 15) is 9.00 Å². The number of benzene rings is 2. The molecule has 2 aliphatic carbocycles. The Morgan fingerprint density at radius 2 is 1.98 bits per heavy atom. The Morgan fingerprint density at radius 3 is 2.77 bits per heavy atom. The van der Waals surface area contributed by atoms with Crippen LogP contribution >= 0.6 is 11.6 Å². The summed E-state index contributed by atoms with van der Waals surface area (Å²) in [6, 6.07) is 17.5. The average molecular weight is 690 g/mol. The maximum atomic E-state index is 13.5. The quantitative estimate of drug-likeness (QED) is 0.237.